The van der Waals surface area contributed by atoms with E-state index in [1.807, 2.05) is 0 Å². The Morgan fingerprint density at radius 3 is 0.778 bits per heavy atom. The van der Waals surface area contributed by atoms with Crippen molar-refractivity contribution in [1.82, 2.24) is 0 Å². The first kappa shape index (κ1) is 15.9. The summed E-state index contributed by atoms with van der Waals surface area (Å²) in [6, 6.07) is 0. The average Bonchev–Trinajstić information content (AvgIpc) is 1.25. The van der Waals surface area contributed by atoms with Gasteiger partial charge in [0.15, 0.2) is 0 Å². The molecule has 6 nitrogen and oxygen atoms in total. The second-order valence-electron chi connectivity index (χ2n) is 0.500. The molecule has 0 aromatic heterocycles. The molecule has 0 aliphatic carbocycles. The Morgan fingerprint density at radius 2 is 0.778 bits per heavy atom. The molecule has 0 rings (SSSR count). The van der Waals surface area contributed by atoms with Crippen LogP contribution in [-0.4, -0.2) is 50.0 Å². The molecule has 0 radical (unpaired) electrons. The molecule has 0 fully saturated rings. The monoisotopic (exact) mass is 160 g/mol. The summed E-state index contributed by atoms with van der Waals surface area (Å²) in [7, 11) is 0. The minimum absolute atomic E-state index is 0. The van der Waals surface area contributed by atoms with E-state index < -0.39 is 12.3 Å². The molecule has 0 saturated heterocycles. The van der Waals surface area contributed by atoms with Crippen LogP contribution in [0.3, 0.4) is 0 Å². The quantitative estimate of drug-likeness (QED) is 0.326. The fourth-order valence-corrected chi connectivity index (χ4v) is 0. The number of hydrogen-bond acceptors (Lipinski definition) is 6. The van der Waals surface area contributed by atoms with E-state index in [4.69, 9.17) is 30.0 Å². The first-order chi connectivity index (χ1) is 3.46. The molecule has 0 atom stereocenters. The molecule has 0 spiro atoms. The Kier molecular flexibility index (Phi) is 19.0. The molecular formula is C2CaO6-2. The van der Waals surface area contributed by atoms with E-state index in [0.29, 0.717) is 0 Å². The van der Waals surface area contributed by atoms with Crippen LogP contribution in [0, 0.1) is 0 Å². The van der Waals surface area contributed by atoms with Crippen molar-refractivity contribution in [1.29, 1.82) is 0 Å². The van der Waals surface area contributed by atoms with Crippen LogP contribution in [-0.2, 0) is 0 Å². The van der Waals surface area contributed by atoms with Gasteiger partial charge in [-0.05, 0) is 12.3 Å². The van der Waals surface area contributed by atoms with Crippen molar-refractivity contribution < 1.29 is 30.0 Å². The molecule has 0 saturated carbocycles. The van der Waals surface area contributed by atoms with E-state index in [-0.39, 0.29) is 37.7 Å². The van der Waals surface area contributed by atoms with E-state index in [2.05, 4.69) is 0 Å². The van der Waals surface area contributed by atoms with Gasteiger partial charge in [-0.15, -0.1) is 0 Å². The molecule has 0 N–H and O–H groups in total. The van der Waals surface area contributed by atoms with Crippen LogP contribution in [0.15, 0.2) is 0 Å². The van der Waals surface area contributed by atoms with Crippen LogP contribution in [0.2, 0.25) is 0 Å². The molecule has 0 amide bonds. The van der Waals surface area contributed by atoms with E-state index in [9.17, 15) is 0 Å². The van der Waals surface area contributed by atoms with Crippen LogP contribution in [0.25, 0.3) is 0 Å². The molecule has 0 aliphatic heterocycles. The third kappa shape index (κ3) is 6540. The molecule has 7 heteroatoms. The van der Waals surface area contributed by atoms with Gasteiger partial charge < -0.3 is 30.0 Å². The molecule has 9 heavy (non-hydrogen) atoms. The van der Waals surface area contributed by atoms with Gasteiger partial charge in [0.2, 0.25) is 0 Å². The van der Waals surface area contributed by atoms with Gasteiger partial charge in [0.25, 0.3) is 0 Å². The van der Waals surface area contributed by atoms with E-state index in [1.165, 1.54) is 0 Å². The Morgan fingerprint density at radius 1 is 0.778 bits per heavy atom. The van der Waals surface area contributed by atoms with Gasteiger partial charge in [-0.2, -0.15) is 0 Å². The van der Waals surface area contributed by atoms with Gasteiger partial charge in [-0.3, -0.25) is 0 Å². The molecule has 48 valence electrons. The van der Waals surface area contributed by atoms with E-state index >= 15 is 0 Å². The van der Waals surface area contributed by atoms with Gasteiger partial charge in [0.1, 0.15) is 0 Å². The summed E-state index contributed by atoms with van der Waals surface area (Å²) in [4.78, 5) is 16.7. The maximum atomic E-state index is 8.33. The molecule has 0 unspecified atom stereocenters. The summed E-state index contributed by atoms with van der Waals surface area (Å²) in [5.41, 5.74) is 0. The van der Waals surface area contributed by atoms with Crippen LogP contribution >= 0.6 is 0 Å². The average molecular weight is 160 g/mol. The minimum atomic E-state index is -2.33. The zero-order chi connectivity index (χ0) is 7.15. The van der Waals surface area contributed by atoms with E-state index in [1.54, 1.807) is 0 Å². The second kappa shape index (κ2) is 10.7. The summed E-state index contributed by atoms with van der Waals surface area (Å²) >= 11 is 0. The third-order valence-corrected chi connectivity index (χ3v) is 0. The fraction of sp³-hybridized carbons (Fsp3) is 0. The molecule has 0 aliphatic rings. The normalized spacial score (nSPS) is 5.33. The van der Waals surface area contributed by atoms with Crippen LogP contribution in [0.4, 0.5) is 9.59 Å². The first-order valence-corrected chi connectivity index (χ1v) is 1.22. The zero-order valence-electron chi connectivity index (χ0n) is 4.16. The Balaban J connectivity index is -0.0000000720. The Bertz CT molecular complexity index is 69.1. The number of carboxylic acid groups (broad SMARTS) is 4. The first-order valence-electron chi connectivity index (χ1n) is 1.22. The maximum Gasteiger partial charge on any atom is 2.00 e. The van der Waals surface area contributed by atoms with Crippen LogP contribution in [0.5, 0.6) is 0 Å². The third-order valence-electron chi connectivity index (χ3n) is 0. The van der Waals surface area contributed by atoms with Crippen molar-refractivity contribution >= 4 is 50.0 Å². The maximum absolute atomic E-state index is 8.33. The van der Waals surface area contributed by atoms with Crippen molar-refractivity contribution in [3.05, 3.63) is 0 Å². The summed E-state index contributed by atoms with van der Waals surface area (Å²) in [6.45, 7) is 0. The summed E-state index contributed by atoms with van der Waals surface area (Å²) < 4.78 is 0. The molecule has 0 aromatic carbocycles. The largest absolute Gasteiger partial charge is 2.00 e. The van der Waals surface area contributed by atoms with Gasteiger partial charge in [0.05, 0.1) is 0 Å². The predicted octanol–water partition coefficient (Wildman–Crippen LogP) is -5.27. The van der Waals surface area contributed by atoms with Crippen molar-refractivity contribution in [2.75, 3.05) is 0 Å². The smallest absolute Gasteiger partial charge is 0.652 e. The molecule has 0 aromatic rings. The van der Waals surface area contributed by atoms with Gasteiger partial charge in [-0.1, -0.05) is 0 Å². The molecular weight excluding hydrogens is 160 g/mol. The summed E-state index contributed by atoms with van der Waals surface area (Å²) in [5.74, 6) is 0. The van der Waals surface area contributed by atoms with Crippen molar-refractivity contribution in [2.45, 2.75) is 0 Å². The topological polar surface area (TPSA) is 126 Å². The zero-order valence-corrected chi connectivity index (χ0v) is 6.36. The number of carbonyl (C=O) groups excluding carboxylic acids is 2. The van der Waals surface area contributed by atoms with Crippen LogP contribution < -0.4 is 20.4 Å². The predicted molar refractivity (Wildman–Crippen MR) is 16.5 cm³/mol. The van der Waals surface area contributed by atoms with Gasteiger partial charge in [-0.25, -0.2) is 0 Å². The standard InChI is InChI=1S/2CH2O3.Ca/c2*2-1(3)4;/h2*(H2,2,3,4);/q;;+2/p-4. The SMILES string of the molecule is O=C([O-])[O-].O=C([O-])[O-].[Ca+2]. The van der Waals surface area contributed by atoms with Gasteiger partial charge >= 0.3 is 37.7 Å². The van der Waals surface area contributed by atoms with Crippen molar-refractivity contribution in [3.63, 3.8) is 0 Å². The Hall–Kier alpha value is -0.200. The number of hydrogen-bond donors (Lipinski definition) is 0. The summed E-state index contributed by atoms with van der Waals surface area (Å²) in [6.07, 6.45) is -4.67. The number of carbonyl (C=O) groups is 2. The summed E-state index contributed by atoms with van der Waals surface area (Å²) in [5, 5.41) is 33.3. The number of rotatable bonds is 0. The van der Waals surface area contributed by atoms with Crippen molar-refractivity contribution in [3.8, 4) is 0 Å². The van der Waals surface area contributed by atoms with Crippen LogP contribution in [0.1, 0.15) is 0 Å². The second-order valence-corrected chi connectivity index (χ2v) is 0.500. The Labute approximate surface area is 79.7 Å². The van der Waals surface area contributed by atoms with Gasteiger partial charge in [0, 0.05) is 0 Å². The minimum Gasteiger partial charge on any atom is -0.652 e. The molecule has 0 bridgehead atoms. The molecule has 0 heterocycles. The van der Waals surface area contributed by atoms with E-state index in [0.717, 1.165) is 0 Å². The van der Waals surface area contributed by atoms with Crippen molar-refractivity contribution in [2.24, 2.45) is 0 Å². The fourth-order valence-electron chi connectivity index (χ4n) is 0.